The molecular formula is C13H20O2. The summed E-state index contributed by atoms with van der Waals surface area (Å²) in [6.07, 6.45) is 0. The van der Waals surface area contributed by atoms with Crippen LogP contribution >= 0.6 is 0 Å². The topological polar surface area (TPSA) is 29.5 Å². The molecule has 0 aliphatic carbocycles. The lowest BCUT2D eigenvalue weighted by Gasteiger charge is -2.24. The second-order valence-corrected chi connectivity index (χ2v) is 4.58. The molecule has 0 amide bonds. The molecule has 0 spiro atoms. The molecular weight excluding hydrogens is 188 g/mol. The average molecular weight is 208 g/mol. The van der Waals surface area contributed by atoms with Gasteiger partial charge in [-0.25, -0.2) is 0 Å². The van der Waals surface area contributed by atoms with Crippen LogP contribution in [0.1, 0.15) is 36.1 Å². The fourth-order valence-corrected chi connectivity index (χ4v) is 2.01. The molecule has 2 heteroatoms. The van der Waals surface area contributed by atoms with Crippen LogP contribution in [0.3, 0.4) is 0 Å². The van der Waals surface area contributed by atoms with Gasteiger partial charge in [0.15, 0.2) is 0 Å². The van der Waals surface area contributed by atoms with Crippen LogP contribution in [0.2, 0.25) is 0 Å². The van der Waals surface area contributed by atoms with Crippen LogP contribution in [0.25, 0.3) is 0 Å². The molecule has 0 heterocycles. The van der Waals surface area contributed by atoms with Crippen LogP contribution < -0.4 is 4.74 Å². The van der Waals surface area contributed by atoms with Gasteiger partial charge < -0.3 is 9.84 Å². The summed E-state index contributed by atoms with van der Waals surface area (Å²) in [5, 5.41) is 10.0. The number of rotatable bonds is 2. The molecule has 1 rings (SSSR count). The Morgan fingerprint density at radius 2 is 1.67 bits per heavy atom. The van der Waals surface area contributed by atoms with Crippen molar-refractivity contribution >= 4 is 0 Å². The van der Waals surface area contributed by atoms with Gasteiger partial charge in [-0.2, -0.15) is 0 Å². The monoisotopic (exact) mass is 208 g/mol. The predicted octanol–water partition coefficient (Wildman–Crippen LogP) is 2.85. The van der Waals surface area contributed by atoms with E-state index in [-0.39, 0.29) is 0 Å². The fourth-order valence-electron chi connectivity index (χ4n) is 2.01. The Hall–Kier alpha value is -1.02. The molecule has 0 aliphatic heterocycles. The van der Waals surface area contributed by atoms with Gasteiger partial charge in [0.25, 0.3) is 0 Å². The Balaban J connectivity index is 3.48. The van der Waals surface area contributed by atoms with E-state index < -0.39 is 5.60 Å². The van der Waals surface area contributed by atoms with E-state index in [4.69, 9.17) is 4.74 Å². The molecule has 2 nitrogen and oxygen atoms in total. The van der Waals surface area contributed by atoms with E-state index >= 15 is 0 Å². The lowest BCUT2D eigenvalue weighted by molar-refractivity contribution is 0.0777. The summed E-state index contributed by atoms with van der Waals surface area (Å²) in [7, 11) is 1.68. The summed E-state index contributed by atoms with van der Waals surface area (Å²) >= 11 is 0. The molecule has 15 heavy (non-hydrogen) atoms. The molecule has 0 atom stereocenters. The van der Waals surface area contributed by atoms with Crippen molar-refractivity contribution in [3.8, 4) is 5.75 Å². The van der Waals surface area contributed by atoms with Crippen LogP contribution in [0, 0.1) is 20.8 Å². The second-order valence-electron chi connectivity index (χ2n) is 4.58. The number of hydrogen-bond acceptors (Lipinski definition) is 2. The summed E-state index contributed by atoms with van der Waals surface area (Å²) in [6, 6.07) is 2.00. The standard InChI is InChI=1S/C13H20O2/c1-8-7-11(13(4,5)14)9(2)10(3)12(8)15-6/h7,14H,1-6H3. The Bertz CT molecular complexity index is 373. The zero-order chi connectivity index (χ0) is 11.8. The first-order valence-corrected chi connectivity index (χ1v) is 5.16. The maximum absolute atomic E-state index is 10.0. The van der Waals surface area contributed by atoms with Crippen LogP contribution in [0.4, 0.5) is 0 Å². The SMILES string of the molecule is COc1c(C)cc(C(C)(C)O)c(C)c1C. The van der Waals surface area contributed by atoms with Crippen LogP contribution in [0.5, 0.6) is 5.75 Å². The highest BCUT2D eigenvalue weighted by molar-refractivity contribution is 5.50. The Labute approximate surface area is 91.9 Å². The van der Waals surface area contributed by atoms with E-state index in [1.807, 2.05) is 26.8 Å². The smallest absolute Gasteiger partial charge is 0.124 e. The third-order valence-electron chi connectivity index (χ3n) is 2.89. The van der Waals surface area contributed by atoms with Crippen molar-refractivity contribution in [2.24, 2.45) is 0 Å². The van der Waals surface area contributed by atoms with Crippen molar-refractivity contribution in [2.75, 3.05) is 7.11 Å². The molecule has 0 saturated heterocycles. The van der Waals surface area contributed by atoms with Crippen LogP contribution in [-0.4, -0.2) is 12.2 Å². The first-order chi connectivity index (χ1) is 6.79. The molecule has 1 aromatic rings. The van der Waals surface area contributed by atoms with Gasteiger partial charge in [0.05, 0.1) is 12.7 Å². The Morgan fingerprint density at radius 1 is 1.13 bits per heavy atom. The van der Waals surface area contributed by atoms with Gasteiger partial charge in [-0.05, 0) is 62.9 Å². The van der Waals surface area contributed by atoms with Gasteiger partial charge in [0, 0.05) is 0 Å². The Kier molecular flexibility index (Phi) is 3.10. The number of methoxy groups -OCH3 is 1. The second kappa shape index (κ2) is 3.86. The summed E-state index contributed by atoms with van der Waals surface area (Å²) in [5.41, 5.74) is 3.45. The summed E-state index contributed by atoms with van der Waals surface area (Å²) in [6.45, 7) is 9.66. The van der Waals surface area contributed by atoms with Crippen molar-refractivity contribution in [3.05, 3.63) is 28.3 Å². The van der Waals surface area contributed by atoms with E-state index in [0.29, 0.717) is 0 Å². The van der Waals surface area contributed by atoms with E-state index in [0.717, 1.165) is 28.0 Å². The minimum atomic E-state index is -0.800. The van der Waals surface area contributed by atoms with Gasteiger partial charge in [0.1, 0.15) is 5.75 Å². The molecule has 0 aliphatic rings. The minimum absolute atomic E-state index is 0.800. The third-order valence-corrected chi connectivity index (χ3v) is 2.89. The summed E-state index contributed by atoms with van der Waals surface area (Å²) in [4.78, 5) is 0. The number of benzene rings is 1. The van der Waals surface area contributed by atoms with Gasteiger partial charge in [-0.1, -0.05) is 0 Å². The molecule has 1 N–H and O–H groups in total. The van der Waals surface area contributed by atoms with Crippen molar-refractivity contribution in [1.29, 1.82) is 0 Å². The summed E-state index contributed by atoms with van der Waals surface area (Å²) in [5.74, 6) is 0.917. The number of ether oxygens (including phenoxy) is 1. The molecule has 0 aromatic heterocycles. The maximum atomic E-state index is 10.0. The maximum Gasteiger partial charge on any atom is 0.124 e. The summed E-state index contributed by atoms with van der Waals surface area (Å²) < 4.78 is 5.34. The highest BCUT2D eigenvalue weighted by Gasteiger charge is 2.21. The third kappa shape index (κ3) is 2.15. The lowest BCUT2D eigenvalue weighted by atomic mass is 9.89. The van der Waals surface area contributed by atoms with Gasteiger partial charge in [-0.15, -0.1) is 0 Å². The lowest BCUT2D eigenvalue weighted by Crippen LogP contribution is -2.18. The first-order valence-electron chi connectivity index (χ1n) is 5.16. The van der Waals surface area contributed by atoms with Crippen molar-refractivity contribution in [1.82, 2.24) is 0 Å². The van der Waals surface area contributed by atoms with Crippen LogP contribution in [0.15, 0.2) is 6.07 Å². The van der Waals surface area contributed by atoms with Crippen LogP contribution in [-0.2, 0) is 5.60 Å². The zero-order valence-corrected chi connectivity index (χ0v) is 10.4. The van der Waals surface area contributed by atoms with Gasteiger partial charge >= 0.3 is 0 Å². The predicted molar refractivity (Wildman–Crippen MR) is 62.4 cm³/mol. The van der Waals surface area contributed by atoms with Gasteiger partial charge in [0.2, 0.25) is 0 Å². The molecule has 84 valence electrons. The largest absolute Gasteiger partial charge is 0.496 e. The first kappa shape index (κ1) is 12.1. The Morgan fingerprint density at radius 3 is 2.07 bits per heavy atom. The zero-order valence-electron chi connectivity index (χ0n) is 10.4. The number of aryl methyl sites for hydroxylation is 1. The van der Waals surface area contributed by atoms with Crippen molar-refractivity contribution < 1.29 is 9.84 Å². The molecule has 0 radical (unpaired) electrons. The molecule has 0 fully saturated rings. The fraction of sp³-hybridized carbons (Fsp3) is 0.538. The van der Waals surface area contributed by atoms with E-state index in [1.54, 1.807) is 21.0 Å². The van der Waals surface area contributed by atoms with Crippen molar-refractivity contribution in [3.63, 3.8) is 0 Å². The average Bonchev–Trinajstić information content (AvgIpc) is 2.10. The van der Waals surface area contributed by atoms with E-state index in [1.165, 1.54) is 0 Å². The van der Waals surface area contributed by atoms with E-state index in [9.17, 15) is 5.11 Å². The minimum Gasteiger partial charge on any atom is -0.496 e. The highest BCUT2D eigenvalue weighted by Crippen LogP contribution is 2.33. The quantitative estimate of drug-likeness (QED) is 0.809. The highest BCUT2D eigenvalue weighted by atomic mass is 16.5. The normalized spacial score (nSPS) is 11.7. The van der Waals surface area contributed by atoms with E-state index in [2.05, 4.69) is 0 Å². The van der Waals surface area contributed by atoms with Crippen molar-refractivity contribution in [2.45, 2.75) is 40.2 Å². The number of hydrogen-bond donors (Lipinski definition) is 1. The molecule has 0 unspecified atom stereocenters. The molecule has 0 saturated carbocycles. The molecule has 0 bridgehead atoms. The van der Waals surface area contributed by atoms with Gasteiger partial charge in [-0.3, -0.25) is 0 Å². The molecule has 1 aromatic carbocycles. The number of aliphatic hydroxyl groups is 1.